The van der Waals surface area contributed by atoms with E-state index >= 15 is 0 Å². The van der Waals surface area contributed by atoms with Crippen molar-refractivity contribution < 1.29 is 22.5 Å². The summed E-state index contributed by atoms with van der Waals surface area (Å²) in [5.74, 6) is 1.16. The first-order valence-corrected chi connectivity index (χ1v) is 11.6. The predicted octanol–water partition coefficient (Wildman–Crippen LogP) is 2.91. The predicted molar refractivity (Wildman–Crippen MR) is 123 cm³/mol. The Morgan fingerprint density at radius 1 is 1.03 bits per heavy atom. The fourth-order valence-corrected chi connectivity index (χ4v) is 3.86. The summed E-state index contributed by atoms with van der Waals surface area (Å²) >= 11 is 0. The number of carbonyl (C=O) groups is 1. The molecular weight excluding hydrogens is 460 g/mol. The highest BCUT2D eigenvalue weighted by Crippen LogP contribution is 2.20. The molecule has 0 atom stereocenters. The summed E-state index contributed by atoms with van der Waals surface area (Å²) in [5, 5.41) is 6.65. The molecule has 0 saturated carbocycles. The molecule has 4 rings (SSSR count). The van der Waals surface area contributed by atoms with Crippen molar-refractivity contribution in [3.05, 3.63) is 72.9 Å². The van der Waals surface area contributed by atoms with Crippen molar-refractivity contribution in [1.29, 1.82) is 0 Å². The van der Waals surface area contributed by atoms with Crippen molar-refractivity contribution in [2.24, 2.45) is 0 Å². The first-order valence-electron chi connectivity index (χ1n) is 10.1. The number of sulfonamides is 1. The Kier molecular flexibility index (Phi) is 6.78. The van der Waals surface area contributed by atoms with Gasteiger partial charge < -0.3 is 14.6 Å². The molecule has 1 amide bonds. The number of amides is 1. The van der Waals surface area contributed by atoms with Gasteiger partial charge in [0.15, 0.2) is 0 Å². The van der Waals surface area contributed by atoms with Gasteiger partial charge in [0.2, 0.25) is 23.6 Å². The van der Waals surface area contributed by atoms with Gasteiger partial charge in [-0.15, -0.1) is 0 Å². The van der Waals surface area contributed by atoms with Crippen LogP contribution in [0.3, 0.4) is 0 Å². The zero-order valence-electron chi connectivity index (χ0n) is 18.0. The number of anilines is 2. The van der Waals surface area contributed by atoms with Crippen molar-refractivity contribution >= 4 is 27.6 Å². The van der Waals surface area contributed by atoms with Crippen molar-refractivity contribution in [2.75, 3.05) is 17.1 Å². The van der Waals surface area contributed by atoms with Gasteiger partial charge in [0.25, 0.3) is 10.0 Å². The fourth-order valence-electron chi connectivity index (χ4n) is 2.91. The van der Waals surface area contributed by atoms with Gasteiger partial charge in [-0.05, 0) is 54.6 Å². The van der Waals surface area contributed by atoms with E-state index < -0.39 is 10.0 Å². The molecule has 0 radical (unpaired) electrons. The average Bonchev–Trinajstić information content (AvgIpc) is 3.33. The first-order chi connectivity index (χ1) is 16.4. The van der Waals surface area contributed by atoms with E-state index in [4.69, 9.17) is 9.26 Å². The van der Waals surface area contributed by atoms with Crippen LogP contribution in [0, 0.1) is 0 Å². The SMILES string of the molecule is COc1ccc(-c2noc(CCC(=O)Nc3ccc(S(=O)(=O)Nc4ncccn4)cc3)n2)cc1. The van der Waals surface area contributed by atoms with E-state index in [1.54, 1.807) is 25.3 Å². The van der Waals surface area contributed by atoms with Crippen LogP contribution in [0.1, 0.15) is 12.3 Å². The highest BCUT2D eigenvalue weighted by atomic mass is 32.2. The summed E-state index contributed by atoms with van der Waals surface area (Å²) in [5.41, 5.74) is 1.22. The Balaban J connectivity index is 1.31. The minimum Gasteiger partial charge on any atom is -0.497 e. The lowest BCUT2D eigenvalue weighted by atomic mass is 10.2. The lowest BCUT2D eigenvalue weighted by Gasteiger charge is -2.08. The molecule has 0 aliphatic carbocycles. The zero-order valence-corrected chi connectivity index (χ0v) is 18.8. The van der Waals surface area contributed by atoms with Crippen LogP contribution < -0.4 is 14.8 Å². The molecule has 12 heteroatoms. The highest BCUT2D eigenvalue weighted by Gasteiger charge is 2.16. The van der Waals surface area contributed by atoms with Gasteiger partial charge in [-0.1, -0.05) is 5.16 Å². The number of rotatable bonds is 9. The van der Waals surface area contributed by atoms with E-state index in [-0.39, 0.29) is 29.6 Å². The van der Waals surface area contributed by atoms with Crippen LogP contribution in [0.5, 0.6) is 5.75 Å². The van der Waals surface area contributed by atoms with E-state index in [1.165, 1.54) is 36.7 Å². The summed E-state index contributed by atoms with van der Waals surface area (Å²) < 4.78 is 37.5. The van der Waals surface area contributed by atoms with Gasteiger partial charge in [-0.3, -0.25) is 4.79 Å². The molecule has 0 bridgehead atoms. The Morgan fingerprint density at radius 3 is 2.41 bits per heavy atom. The number of hydrogen-bond donors (Lipinski definition) is 2. The van der Waals surface area contributed by atoms with Gasteiger partial charge in [0.05, 0.1) is 12.0 Å². The van der Waals surface area contributed by atoms with Crippen LogP contribution in [0.2, 0.25) is 0 Å². The monoisotopic (exact) mass is 480 g/mol. The number of carbonyl (C=O) groups excluding carboxylic acids is 1. The minimum atomic E-state index is -3.85. The maximum Gasteiger partial charge on any atom is 0.264 e. The molecule has 4 aromatic rings. The molecule has 0 unspecified atom stereocenters. The first kappa shape index (κ1) is 22.9. The van der Waals surface area contributed by atoms with Crippen molar-refractivity contribution in [3.63, 3.8) is 0 Å². The number of ether oxygens (including phenoxy) is 1. The molecule has 0 aliphatic rings. The second-order valence-corrected chi connectivity index (χ2v) is 8.67. The summed E-state index contributed by atoms with van der Waals surface area (Å²) in [4.78, 5) is 24.3. The molecule has 174 valence electrons. The Hall–Kier alpha value is -4.32. The van der Waals surface area contributed by atoms with E-state index in [2.05, 4.69) is 30.1 Å². The molecule has 11 nitrogen and oxygen atoms in total. The van der Waals surface area contributed by atoms with Gasteiger partial charge >= 0.3 is 0 Å². The Morgan fingerprint density at radius 2 is 1.74 bits per heavy atom. The summed E-state index contributed by atoms with van der Waals surface area (Å²) in [6, 6.07) is 14.5. The molecular formula is C22H20N6O5S. The molecule has 0 spiro atoms. The van der Waals surface area contributed by atoms with Crippen LogP contribution >= 0.6 is 0 Å². The van der Waals surface area contributed by atoms with E-state index in [1.807, 2.05) is 12.1 Å². The van der Waals surface area contributed by atoms with Crippen molar-refractivity contribution in [2.45, 2.75) is 17.7 Å². The van der Waals surface area contributed by atoms with E-state index in [0.717, 1.165) is 11.3 Å². The number of methoxy groups -OCH3 is 1. The van der Waals surface area contributed by atoms with Gasteiger partial charge in [0.1, 0.15) is 5.75 Å². The maximum absolute atomic E-state index is 12.4. The molecule has 0 fully saturated rings. The van der Waals surface area contributed by atoms with Crippen LogP contribution in [-0.4, -0.2) is 41.5 Å². The number of benzene rings is 2. The van der Waals surface area contributed by atoms with Crippen LogP contribution in [0.4, 0.5) is 11.6 Å². The molecule has 0 saturated heterocycles. The molecule has 0 aliphatic heterocycles. The summed E-state index contributed by atoms with van der Waals surface area (Å²) in [6.07, 6.45) is 3.22. The quantitative estimate of drug-likeness (QED) is 0.369. The van der Waals surface area contributed by atoms with Crippen LogP contribution in [-0.2, 0) is 21.2 Å². The van der Waals surface area contributed by atoms with Gasteiger partial charge in [-0.25, -0.2) is 23.1 Å². The smallest absolute Gasteiger partial charge is 0.264 e. The second-order valence-electron chi connectivity index (χ2n) is 6.99. The third kappa shape index (κ3) is 5.72. The van der Waals surface area contributed by atoms with Crippen LogP contribution in [0.15, 0.2) is 76.4 Å². The third-order valence-corrected chi connectivity index (χ3v) is 5.97. The molecule has 2 heterocycles. The minimum absolute atomic E-state index is 0.00914. The number of aromatic nitrogens is 4. The summed E-state index contributed by atoms with van der Waals surface area (Å²) in [6.45, 7) is 0. The second kappa shape index (κ2) is 10.1. The normalized spacial score (nSPS) is 11.1. The van der Waals surface area contributed by atoms with Crippen molar-refractivity contribution in [3.8, 4) is 17.1 Å². The summed E-state index contributed by atoms with van der Waals surface area (Å²) in [7, 11) is -2.27. The van der Waals surface area contributed by atoms with E-state index in [9.17, 15) is 13.2 Å². The molecule has 2 aromatic carbocycles. The average molecular weight is 481 g/mol. The number of hydrogen-bond acceptors (Lipinski definition) is 9. The highest BCUT2D eigenvalue weighted by molar-refractivity contribution is 7.92. The van der Waals surface area contributed by atoms with Crippen molar-refractivity contribution in [1.82, 2.24) is 20.1 Å². The third-order valence-electron chi connectivity index (χ3n) is 4.62. The fraction of sp³-hybridized carbons (Fsp3) is 0.136. The topological polar surface area (TPSA) is 149 Å². The number of nitrogens with one attached hydrogen (secondary N) is 2. The lowest BCUT2D eigenvalue weighted by molar-refractivity contribution is -0.116. The zero-order chi connectivity index (χ0) is 24.0. The van der Waals surface area contributed by atoms with E-state index in [0.29, 0.717) is 17.4 Å². The van der Waals surface area contributed by atoms with Gasteiger partial charge in [0, 0.05) is 36.5 Å². The number of nitrogens with zero attached hydrogens (tertiary/aromatic N) is 4. The Labute approximate surface area is 195 Å². The van der Waals surface area contributed by atoms with Gasteiger partial charge in [-0.2, -0.15) is 4.98 Å². The van der Waals surface area contributed by atoms with Crippen LogP contribution in [0.25, 0.3) is 11.4 Å². The maximum atomic E-state index is 12.4. The Bertz CT molecular complexity index is 1360. The molecule has 2 N–H and O–H groups in total. The lowest BCUT2D eigenvalue weighted by Crippen LogP contribution is -2.15. The molecule has 2 aromatic heterocycles. The standard InChI is InChI=1S/C22H20N6O5S/c1-32-17-7-3-15(4-8-17)21-26-20(33-27-21)12-11-19(29)25-16-5-9-18(10-6-16)34(30,31)28-22-23-13-2-14-24-22/h2-10,13-14H,11-12H2,1H3,(H,25,29)(H,23,24,28). The number of aryl methyl sites for hydroxylation is 1. The molecule has 34 heavy (non-hydrogen) atoms. The largest absolute Gasteiger partial charge is 0.497 e.